The summed E-state index contributed by atoms with van der Waals surface area (Å²) in [6.45, 7) is 1.85. The molecule has 2 N–H and O–H groups in total. The molecule has 0 atom stereocenters. The Bertz CT molecular complexity index is 432. The molecule has 0 saturated carbocycles. The van der Waals surface area contributed by atoms with Gasteiger partial charge in [0, 0.05) is 17.8 Å². The van der Waals surface area contributed by atoms with E-state index < -0.39 is 5.97 Å². The molecule has 0 saturated heterocycles. The Labute approximate surface area is 101 Å². The number of hydrogen-bond acceptors (Lipinski definition) is 2. The molecule has 0 unspecified atom stereocenters. The van der Waals surface area contributed by atoms with Crippen LogP contribution in [-0.4, -0.2) is 17.6 Å². The molecule has 5 heteroatoms. The van der Waals surface area contributed by atoms with Gasteiger partial charge in [-0.3, -0.25) is 0 Å². The van der Waals surface area contributed by atoms with Crippen LogP contribution in [0.2, 0.25) is 0 Å². The summed E-state index contributed by atoms with van der Waals surface area (Å²) in [5.74, 6) is -1.31. The van der Waals surface area contributed by atoms with Crippen molar-refractivity contribution in [3.8, 4) is 0 Å². The fourth-order valence-corrected chi connectivity index (χ4v) is 1.26. The van der Waals surface area contributed by atoms with Crippen molar-refractivity contribution in [3.05, 3.63) is 40.1 Å². The monoisotopic (exact) mass is 287 g/mol. The smallest absolute Gasteiger partial charge is 0.331 e. The molecule has 3 nitrogen and oxygen atoms in total. The molecule has 0 aliphatic heterocycles. The van der Waals surface area contributed by atoms with Crippen molar-refractivity contribution >= 4 is 27.6 Å². The maximum Gasteiger partial charge on any atom is 0.331 e. The van der Waals surface area contributed by atoms with E-state index in [-0.39, 0.29) is 11.4 Å². The molecule has 16 heavy (non-hydrogen) atoms. The minimum Gasteiger partial charge on any atom is -0.478 e. The van der Waals surface area contributed by atoms with Crippen molar-refractivity contribution in [2.75, 3.05) is 11.9 Å². The van der Waals surface area contributed by atoms with Crippen LogP contribution in [0.5, 0.6) is 0 Å². The van der Waals surface area contributed by atoms with Gasteiger partial charge in [0.05, 0.1) is 4.47 Å². The zero-order valence-electron chi connectivity index (χ0n) is 8.63. The van der Waals surface area contributed by atoms with Gasteiger partial charge in [0.1, 0.15) is 5.82 Å². The third-order valence-electron chi connectivity index (χ3n) is 1.97. The van der Waals surface area contributed by atoms with Crippen molar-refractivity contribution in [3.63, 3.8) is 0 Å². The van der Waals surface area contributed by atoms with E-state index in [1.54, 1.807) is 12.1 Å². The summed E-state index contributed by atoms with van der Waals surface area (Å²) in [6.07, 6.45) is 1.53. The van der Waals surface area contributed by atoms with Gasteiger partial charge in [0.2, 0.25) is 0 Å². The zero-order chi connectivity index (χ0) is 12.1. The highest BCUT2D eigenvalue weighted by Gasteiger charge is 2.00. The lowest BCUT2D eigenvalue weighted by Crippen LogP contribution is -2.03. The van der Waals surface area contributed by atoms with Gasteiger partial charge in [-0.25, -0.2) is 9.18 Å². The van der Waals surface area contributed by atoms with Gasteiger partial charge in [0.25, 0.3) is 0 Å². The minimum atomic E-state index is -0.955. The third-order valence-corrected chi connectivity index (χ3v) is 2.61. The Morgan fingerprint density at radius 2 is 2.31 bits per heavy atom. The molecule has 1 rings (SSSR count). The summed E-state index contributed by atoms with van der Waals surface area (Å²) in [5, 5.41) is 11.5. The van der Waals surface area contributed by atoms with Gasteiger partial charge >= 0.3 is 5.97 Å². The standard InChI is InChI=1S/C11H11BrFNO2/c1-7(11(15)16)4-5-14-8-2-3-9(12)10(13)6-8/h2-4,6,14H,5H2,1H3,(H,15,16)/b7-4-. The number of carboxylic acids is 1. The fraction of sp³-hybridized carbons (Fsp3) is 0.182. The average molecular weight is 288 g/mol. The number of benzene rings is 1. The second-order valence-electron chi connectivity index (χ2n) is 3.20. The summed E-state index contributed by atoms with van der Waals surface area (Å²) in [6, 6.07) is 4.64. The summed E-state index contributed by atoms with van der Waals surface area (Å²) in [7, 11) is 0. The van der Waals surface area contributed by atoms with Crippen LogP contribution in [-0.2, 0) is 4.79 Å². The van der Waals surface area contributed by atoms with Crippen molar-refractivity contribution in [2.24, 2.45) is 0 Å². The van der Waals surface area contributed by atoms with Crippen LogP contribution in [0.1, 0.15) is 6.92 Å². The number of aliphatic carboxylic acids is 1. The van der Waals surface area contributed by atoms with E-state index in [0.29, 0.717) is 16.7 Å². The fourth-order valence-electron chi connectivity index (χ4n) is 1.02. The van der Waals surface area contributed by atoms with E-state index in [4.69, 9.17) is 5.11 Å². The van der Waals surface area contributed by atoms with E-state index in [0.717, 1.165) is 0 Å². The molecule has 1 aromatic rings. The predicted octanol–water partition coefficient (Wildman–Crippen LogP) is 3.03. The Kier molecular flexibility index (Phi) is 4.49. The highest BCUT2D eigenvalue weighted by molar-refractivity contribution is 9.10. The van der Waals surface area contributed by atoms with Crippen LogP contribution in [0.4, 0.5) is 10.1 Å². The van der Waals surface area contributed by atoms with Gasteiger partial charge in [-0.1, -0.05) is 6.08 Å². The topological polar surface area (TPSA) is 49.3 Å². The number of nitrogens with one attached hydrogen (secondary N) is 1. The van der Waals surface area contributed by atoms with Crippen LogP contribution >= 0.6 is 15.9 Å². The minimum absolute atomic E-state index is 0.255. The van der Waals surface area contributed by atoms with Crippen LogP contribution in [0, 0.1) is 5.82 Å². The Morgan fingerprint density at radius 3 is 2.88 bits per heavy atom. The maximum absolute atomic E-state index is 13.1. The normalized spacial score (nSPS) is 11.3. The van der Waals surface area contributed by atoms with Crippen molar-refractivity contribution < 1.29 is 14.3 Å². The largest absolute Gasteiger partial charge is 0.478 e. The number of carboxylic acid groups (broad SMARTS) is 1. The van der Waals surface area contributed by atoms with Crippen LogP contribution in [0.15, 0.2) is 34.3 Å². The SMILES string of the molecule is C/C(=C/CNc1ccc(Br)c(F)c1)C(=O)O. The van der Waals surface area contributed by atoms with Gasteiger partial charge < -0.3 is 10.4 Å². The first-order valence-electron chi connectivity index (χ1n) is 4.59. The molecular weight excluding hydrogens is 277 g/mol. The molecule has 0 fully saturated rings. The van der Waals surface area contributed by atoms with Crippen molar-refractivity contribution in [2.45, 2.75) is 6.92 Å². The van der Waals surface area contributed by atoms with E-state index in [2.05, 4.69) is 21.2 Å². The molecule has 0 radical (unpaired) electrons. The Balaban J connectivity index is 2.59. The molecule has 0 aliphatic carbocycles. The number of hydrogen-bond donors (Lipinski definition) is 2. The lowest BCUT2D eigenvalue weighted by molar-refractivity contribution is -0.132. The molecule has 0 aromatic heterocycles. The molecule has 1 aromatic carbocycles. The number of halogens is 2. The first-order chi connectivity index (χ1) is 7.50. The second-order valence-corrected chi connectivity index (χ2v) is 4.06. The van der Waals surface area contributed by atoms with Crippen molar-refractivity contribution in [1.29, 1.82) is 0 Å². The Hall–Kier alpha value is -1.36. The molecule has 0 heterocycles. The average Bonchev–Trinajstić information content (AvgIpc) is 2.23. The van der Waals surface area contributed by atoms with E-state index in [9.17, 15) is 9.18 Å². The van der Waals surface area contributed by atoms with Crippen LogP contribution in [0.25, 0.3) is 0 Å². The van der Waals surface area contributed by atoms with Crippen LogP contribution in [0.3, 0.4) is 0 Å². The van der Waals surface area contributed by atoms with E-state index in [1.165, 1.54) is 19.1 Å². The highest BCUT2D eigenvalue weighted by Crippen LogP contribution is 2.19. The van der Waals surface area contributed by atoms with Crippen LogP contribution < -0.4 is 5.32 Å². The first-order valence-corrected chi connectivity index (χ1v) is 5.39. The predicted molar refractivity (Wildman–Crippen MR) is 64.0 cm³/mol. The molecule has 0 amide bonds. The molecule has 0 bridgehead atoms. The molecule has 86 valence electrons. The molecule has 0 spiro atoms. The summed E-state index contributed by atoms with van der Waals surface area (Å²) >= 11 is 3.05. The summed E-state index contributed by atoms with van der Waals surface area (Å²) in [5.41, 5.74) is 0.861. The second kappa shape index (κ2) is 5.65. The van der Waals surface area contributed by atoms with E-state index in [1.807, 2.05) is 0 Å². The first kappa shape index (κ1) is 12.7. The van der Waals surface area contributed by atoms with Crippen molar-refractivity contribution in [1.82, 2.24) is 0 Å². The summed E-state index contributed by atoms with van der Waals surface area (Å²) in [4.78, 5) is 10.5. The number of carbonyl (C=O) groups is 1. The quantitative estimate of drug-likeness (QED) is 0.837. The molecule has 0 aliphatic rings. The van der Waals surface area contributed by atoms with Gasteiger partial charge in [0.15, 0.2) is 0 Å². The lowest BCUT2D eigenvalue weighted by Gasteiger charge is -2.04. The third kappa shape index (κ3) is 3.66. The number of anilines is 1. The summed E-state index contributed by atoms with van der Waals surface area (Å²) < 4.78 is 13.5. The number of rotatable bonds is 4. The maximum atomic E-state index is 13.1. The Morgan fingerprint density at radius 1 is 1.62 bits per heavy atom. The molecular formula is C11H11BrFNO2. The van der Waals surface area contributed by atoms with Gasteiger partial charge in [-0.2, -0.15) is 0 Å². The lowest BCUT2D eigenvalue weighted by atomic mass is 10.2. The highest BCUT2D eigenvalue weighted by atomic mass is 79.9. The van der Waals surface area contributed by atoms with E-state index >= 15 is 0 Å². The van der Waals surface area contributed by atoms with Gasteiger partial charge in [-0.15, -0.1) is 0 Å². The van der Waals surface area contributed by atoms with Gasteiger partial charge in [-0.05, 0) is 41.1 Å². The zero-order valence-corrected chi connectivity index (χ0v) is 10.2.